The minimum atomic E-state index is -0.224. The molecule has 1 aliphatic carbocycles. The molecule has 2 aliphatic rings. The molecule has 1 fully saturated rings. The monoisotopic (exact) mass is 467 g/mol. The average molecular weight is 468 g/mol. The molecule has 0 unspecified atom stereocenters. The van der Waals surface area contributed by atoms with Crippen LogP contribution in [0.1, 0.15) is 52.7 Å². The molecule has 0 radical (unpaired) electrons. The van der Waals surface area contributed by atoms with E-state index in [0.29, 0.717) is 28.2 Å². The first-order valence-electron chi connectivity index (χ1n) is 12.1. The highest BCUT2D eigenvalue weighted by Crippen LogP contribution is 2.50. The molecular weight excluding hydrogens is 438 g/mol. The molecule has 4 heterocycles. The molecule has 1 aliphatic heterocycles. The van der Waals surface area contributed by atoms with Gasteiger partial charge in [-0.2, -0.15) is 10.1 Å². The molecule has 1 atom stereocenters. The zero-order valence-electron chi connectivity index (χ0n) is 20.1. The van der Waals surface area contributed by atoms with Crippen molar-refractivity contribution in [3.63, 3.8) is 0 Å². The summed E-state index contributed by atoms with van der Waals surface area (Å²) in [5.74, 6) is 0.554. The van der Waals surface area contributed by atoms with E-state index in [2.05, 4.69) is 55.9 Å². The fraction of sp³-hybridized carbons (Fsp3) is 0.333. The van der Waals surface area contributed by atoms with Crippen molar-refractivity contribution in [3.8, 4) is 0 Å². The van der Waals surface area contributed by atoms with E-state index < -0.39 is 0 Å². The Hall–Kier alpha value is -3.78. The van der Waals surface area contributed by atoms with E-state index in [9.17, 15) is 4.79 Å². The quantitative estimate of drug-likeness (QED) is 0.424. The molecule has 178 valence electrons. The molecule has 6 rings (SSSR count). The molecule has 4 aromatic rings. The summed E-state index contributed by atoms with van der Waals surface area (Å²) >= 11 is 0. The smallest absolute Gasteiger partial charge is 0.264 e. The number of anilines is 1. The lowest BCUT2D eigenvalue weighted by Crippen LogP contribution is -2.45. The largest absolute Gasteiger partial charge is 0.342 e. The predicted octanol–water partition coefficient (Wildman–Crippen LogP) is 3.56. The zero-order chi connectivity index (χ0) is 24.3. The van der Waals surface area contributed by atoms with Gasteiger partial charge in [-0.3, -0.25) is 19.9 Å². The third-order valence-electron chi connectivity index (χ3n) is 7.91. The molecule has 0 bridgehead atoms. The Morgan fingerprint density at radius 3 is 2.66 bits per heavy atom. The molecule has 0 saturated carbocycles. The van der Waals surface area contributed by atoms with Gasteiger partial charge < -0.3 is 10.6 Å². The number of rotatable bonds is 3. The maximum atomic E-state index is 13.2. The van der Waals surface area contributed by atoms with Gasteiger partial charge in [0.2, 0.25) is 5.95 Å². The third-order valence-corrected chi connectivity index (χ3v) is 7.91. The van der Waals surface area contributed by atoms with Gasteiger partial charge in [-0.05, 0) is 55.7 Å². The van der Waals surface area contributed by atoms with Crippen LogP contribution in [0, 0.1) is 19.3 Å². The van der Waals surface area contributed by atoms with Crippen molar-refractivity contribution in [3.05, 3.63) is 87.1 Å². The Kier molecular flexibility index (Phi) is 4.89. The fourth-order valence-electron chi connectivity index (χ4n) is 5.90. The normalized spacial score (nSPS) is 18.8. The van der Waals surface area contributed by atoms with E-state index in [1.807, 2.05) is 26.0 Å². The van der Waals surface area contributed by atoms with E-state index in [-0.39, 0.29) is 17.0 Å². The summed E-state index contributed by atoms with van der Waals surface area (Å²) in [5, 5.41) is 7.76. The highest BCUT2D eigenvalue weighted by molar-refractivity contribution is 5.92. The summed E-state index contributed by atoms with van der Waals surface area (Å²) in [6, 6.07) is 12.5. The van der Waals surface area contributed by atoms with E-state index in [0.717, 1.165) is 49.3 Å². The first-order chi connectivity index (χ1) is 16.9. The number of hydrogen-bond donors (Lipinski definition) is 3. The molecule has 1 saturated heterocycles. The van der Waals surface area contributed by atoms with Crippen LogP contribution in [0.25, 0.3) is 16.6 Å². The number of nitrogens with two attached hydrogens (primary N) is 1. The van der Waals surface area contributed by atoms with E-state index in [4.69, 9.17) is 10.7 Å². The number of nitrogens with one attached hydrogen (secondary N) is 2. The van der Waals surface area contributed by atoms with Gasteiger partial charge in [-0.15, -0.1) is 0 Å². The number of aromatic nitrogens is 5. The summed E-state index contributed by atoms with van der Waals surface area (Å²) < 4.78 is 0. The van der Waals surface area contributed by atoms with Gasteiger partial charge >= 0.3 is 0 Å². The van der Waals surface area contributed by atoms with Gasteiger partial charge in [-0.1, -0.05) is 36.9 Å². The lowest BCUT2D eigenvalue weighted by Gasteiger charge is -2.42. The molecule has 4 N–H and O–H groups in total. The second-order valence-corrected chi connectivity index (χ2v) is 9.95. The van der Waals surface area contributed by atoms with Gasteiger partial charge in [-0.25, -0.2) is 0 Å². The second-order valence-electron chi connectivity index (χ2n) is 9.95. The number of hydrogen-bond acceptors (Lipinski definition) is 6. The summed E-state index contributed by atoms with van der Waals surface area (Å²) in [6.45, 7) is 9.67. The molecule has 35 heavy (non-hydrogen) atoms. The standard InChI is InChI=1S/C27H29N7O/c1-15-8-9-19(17(3)29-15)16(2)22-21-24(33-32-22)30-26(31-25(21)35)34-12-10-27(11-13-34)14-18-6-4-5-7-20(18)23(27)28/h4-9,23H,2,10-14,28H2,1,3H3,(H2,30,31,32,33,35)/t23-/m1/s1. The fourth-order valence-corrected chi connectivity index (χ4v) is 5.90. The summed E-state index contributed by atoms with van der Waals surface area (Å²) in [5.41, 5.74) is 13.5. The maximum Gasteiger partial charge on any atom is 0.264 e. The lowest BCUT2D eigenvalue weighted by molar-refractivity contribution is 0.187. The van der Waals surface area contributed by atoms with Gasteiger partial charge in [0.15, 0.2) is 5.65 Å². The van der Waals surface area contributed by atoms with Gasteiger partial charge in [0, 0.05) is 41.7 Å². The predicted molar refractivity (Wildman–Crippen MR) is 137 cm³/mol. The van der Waals surface area contributed by atoms with Crippen LogP contribution >= 0.6 is 0 Å². The van der Waals surface area contributed by atoms with Crippen LogP contribution in [0.2, 0.25) is 0 Å². The molecule has 1 spiro atoms. The van der Waals surface area contributed by atoms with Crippen LogP contribution in [-0.4, -0.2) is 38.2 Å². The SMILES string of the molecule is C=C(c1ccc(C)nc1C)c1[nH]nc2nc(N3CCC4(CC3)Cc3ccccc3[C@H]4N)[nH]c(=O)c12. The van der Waals surface area contributed by atoms with Crippen molar-refractivity contribution < 1.29 is 0 Å². The average Bonchev–Trinajstić information content (AvgIpc) is 3.39. The van der Waals surface area contributed by atoms with E-state index >= 15 is 0 Å². The van der Waals surface area contributed by atoms with Crippen LogP contribution in [0.3, 0.4) is 0 Å². The number of piperidine rings is 1. The molecular formula is C27H29N7O. The lowest BCUT2D eigenvalue weighted by atomic mass is 9.73. The van der Waals surface area contributed by atoms with Crippen molar-refractivity contribution >= 4 is 22.6 Å². The van der Waals surface area contributed by atoms with Crippen LogP contribution in [0.4, 0.5) is 5.95 Å². The minimum absolute atomic E-state index is 0.0509. The minimum Gasteiger partial charge on any atom is -0.342 e. The summed E-state index contributed by atoms with van der Waals surface area (Å²) in [6.07, 6.45) is 2.92. The first kappa shape index (κ1) is 21.7. The number of benzene rings is 1. The highest BCUT2D eigenvalue weighted by Gasteiger charge is 2.46. The van der Waals surface area contributed by atoms with Crippen molar-refractivity contribution in [1.29, 1.82) is 0 Å². The topological polar surface area (TPSA) is 117 Å². The summed E-state index contributed by atoms with van der Waals surface area (Å²) in [7, 11) is 0. The molecule has 8 heteroatoms. The van der Waals surface area contributed by atoms with Crippen molar-refractivity contribution in [2.45, 2.75) is 39.2 Å². The maximum absolute atomic E-state index is 13.2. The van der Waals surface area contributed by atoms with Crippen LogP contribution < -0.4 is 16.2 Å². The van der Waals surface area contributed by atoms with Gasteiger partial charge in [0.25, 0.3) is 5.56 Å². The Bertz CT molecular complexity index is 1520. The second kappa shape index (κ2) is 7.88. The van der Waals surface area contributed by atoms with Crippen LogP contribution in [0.15, 0.2) is 47.8 Å². The Labute approximate surface area is 203 Å². The summed E-state index contributed by atoms with van der Waals surface area (Å²) in [4.78, 5) is 27.5. The Morgan fingerprint density at radius 1 is 1.14 bits per heavy atom. The number of pyridine rings is 1. The Balaban J connectivity index is 1.26. The number of H-pyrrole nitrogens is 2. The molecule has 3 aromatic heterocycles. The molecule has 8 nitrogen and oxygen atoms in total. The number of aryl methyl sites for hydroxylation is 2. The van der Waals surface area contributed by atoms with Crippen LogP contribution in [-0.2, 0) is 6.42 Å². The van der Waals surface area contributed by atoms with Gasteiger partial charge in [0.1, 0.15) is 5.39 Å². The molecule has 1 aromatic carbocycles. The van der Waals surface area contributed by atoms with E-state index in [1.54, 1.807) is 0 Å². The zero-order valence-corrected chi connectivity index (χ0v) is 20.1. The van der Waals surface area contributed by atoms with Crippen LogP contribution in [0.5, 0.6) is 0 Å². The van der Waals surface area contributed by atoms with Crippen molar-refractivity contribution in [2.75, 3.05) is 18.0 Å². The number of fused-ring (bicyclic) bond motifs is 2. The van der Waals surface area contributed by atoms with Crippen molar-refractivity contribution in [1.82, 2.24) is 25.1 Å². The third kappa shape index (κ3) is 3.39. The first-order valence-corrected chi connectivity index (χ1v) is 12.1. The number of nitrogens with zero attached hydrogens (tertiary/aromatic N) is 4. The Morgan fingerprint density at radius 2 is 1.91 bits per heavy atom. The number of aromatic amines is 2. The highest BCUT2D eigenvalue weighted by atomic mass is 16.1. The molecule has 0 amide bonds. The van der Waals surface area contributed by atoms with Crippen molar-refractivity contribution in [2.24, 2.45) is 11.1 Å². The van der Waals surface area contributed by atoms with Gasteiger partial charge in [0.05, 0.1) is 5.69 Å². The van der Waals surface area contributed by atoms with E-state index in [1.165, 1.54) is 11.1 Å².